The smallest absolute Gasteiger partial charge is 0.677 e. The molecule has 0 saturated heterocycles. The van der Waals surface area contributed by atoms with Gasteiger partial charge < -0.3 is 27.6 Å². The molecule has 3 heteroatoms. The molecule has 4 unspecified atom stereocenters. The Bertz CT molecular complexity index is 1220. The zero-order valence-corrected chi connectivity index (χ0v) is 33.0. The van der Waals surface area contributed by atoms with Gasteiger partial charge in [-0.3, -0.25) is 4.58 Å². The van der Waals surface area contributed by atoms with Crippen LogP contribution in [0.5, 0.6) is 0 Å². The number of hydrogen-bond donors (Lipinski definition) is 0. The van der Waals surface area contributed by atoms with Gasteiger partial charge in [0.2, 0.25) is 0 Å². The molecule has 0 radical (unpaired) electrons. The van der Waals surface area contributed by atoms with Gasteiger partial charge in [-0.2, -0.15) is 0 Å². The molecule has 4 atom stereocenters. The molecule has 5 rings (SSSR count). The standard InChI is InChI=1S/C38H51N2.3CH3.Hf/c1-25(2)29-17-10-11-19-34(29)38(39-37-30(26(3)4)20-13-21-31(37)27(5)6)36-24-14-23-35(40(36)7)33-22-12-16-28-15-8-9-18-32(28)33;;;;/h10-11,13-14,17,19-21,23-28,32-33,38H,7-9,12,15-16,18,22H2,1-6H3;3*1H3;/q4*-1;+4. The van der Waals surface area contributed by atoms with Gasteiger partial charge in [0.15, 0.2) is 0 Å². The maximum atomic E-state index is 5.75. The Balaban J connectivity index is 0.00000242. The zero-order valence-electron chi connectivity index (χ0n) is 29.4. The molecule has 2 aliphatic carbocycles. The van der Waals surface area contributed by atoms with E-state index in [-0.39, 0.29) is 54.2 Å². The summed E-state index contributed by atoms with van der Waals surface area (Å²) in [6.45, 7) is 18.5. The van der Waals surface area contributed by atoms with Crippen LogP contribution in [0.4, 0.5) is 5.69 Å². The normalized spacial score (nSPS) is 21.8. The number of allylic oxidation sites excluding steroid dienone is 2. The van der Waals surface area contributed by atoms with Crippen molar-refractivity contribution in [3.8, 4) is 0 Å². The number of rotatable bonds is 8. The Morgan fingerprint density at radius 3 is 1.89 bits per heavy atom. The second-order valence-electron chi connectivity index (χ2n) is 13.5. The van der Waals surface area contributed by atoms with Crippen LogP contribution in [-0.2, 0) is 25.8 Å². The second-order valence-corrected chi connectivity index (χ2v) is 13.5. The molecule has 1 aliphatic heterocycles. The second kappa shape index (κ2) is 17.7. The third-order valence-corrected chi connectivity index (χ3v) is 9.91. The average Bonchev–Trinajstić information content (AvgIpc) is 2.95. The number of nitrogens with zero attached hydrogens (tertiary/aromatic N) is 2. The summed E-state index contributed by atoms with van der Waals surface area (Å²) in [4.78, 5) is 0. The zero-order chi connectivity index (χ0) is 28.4. The molecule has 0 aromatic heterocycles. The first-order valence-electron chi connectivity index (χ1n) is 16.1. The summed E-state index contributed by atoms with van der Waals surface area (Å²) < 4.78 is 2.31. The molecule has 2 saturated carbocycles. The summed E-state index contributed by atoms with van der Waals surface area (Å²) in [5.74, 6) is 3.53. The summed E-state index contributed by atoms with van der Waals surface area (Å²) >= 11 is 0. The molecule has 1 heterocycles. The van der Waals surface area contributed by atoms with E-state index in [1.165, 1.54) is 84.6 Å². The van der Waals surface area contributed by atoms with Gasteiger partial charge in [0, 0.05) is 5.92 Å². The van der Waals surface area contributed by atoms with Crippen molar-refractivity contribution in [1.29, 1.82) is 0 Å². The monoisotopic (exact) mass is 760 g/mol. The minimum atomic E-state index is -0.112. The quantitative estimate of drug-likeness (QED) is 0.145. The number of fused-ring (bicyclic) bond motifs is 1. The molecule has 3 aliphatic rings. The summed E-state index contributed by atoms with van der Waals surface area (Å²) in [6, 6.07) is 17.0. The Morgan fingerprint density at radius 1 is 0.727 bits per heavy atom. The molecule has 0 N–H and O–H groups in total. The summed E-state index contributed by atoms with van der Waals surface area (Å²) in [7, 11) is 0. The van der Waals surface area contributed by atoms with E-state index in [2.05, 4.69) is 107 Å². The first kappa shape index (κ1) is 40.2. The van der Waals surface area contributed by atoms with E-state index in [1.807, 2.05) is 0 Å². The van der Waals surface area contributed by atoms with Crippen LogP contribution in [0, 0.1) is 46.1 Å². The molecule has 238 valence electrons. The van der Waals surface area contributed by atoms with Crippen LogP contribution in [0.25, 0.3) is 5.32 Å². The average molecular weight is 759 g/mol. The molecule has 2 aromatic rings. The first-order chi connectivity index (χ1) is 19.3. The van der Waals surface area contributed by atoms with Crippen LogP contribution in [0.1, 0.15) is 133 Å². The van der Waals surface area contributed by atoms with Gasteiger partial charge in [-0.25, -0.2) is 0 Å². The molecular weight excluding hydrogens is 699 g/mol. The molecule has 44 heavy (non-hydrogen) atoms. The molecule has 2 fully saturated rings. The predicted octanol–water partition coefficient (Wildman–Crippen LogP) is 12.5. The molecule has 0 amide bonds. The van der Waals surface area contributed by atoms with Gasteiger partial charge in [-0.1, -0.05) is 151 Å². The van der Waals surface area contributed by atoms with Crippen LogP contribution < -0.4 is 0 Å². The minimum Gasteiger partial charge on any atom is -0.677 e. The Morgan fingerprint density at radius 2 is 1.27 bits per heavy atom. The molecule has 2 aromatic carbocycles. The van der Waals surface area contributed by atoms with E-state index in [4.69, 9.17) is 12.0 Å². The fourth-order valence-corrected chi connectivity index (χ4v) is 7.81. The van der Waals surface area contributed by atoms with E-state index >= 15 is 0 Å². The van der Waals surface area contributed by atoms with E-state index in [0.717, 1.165) is 11.8 Å². The SMILES string of the molecule is C=[N+]1C(C([N-]c2c(C(C)C)cccc2C(C)C)c2ccccc2C(C)C)=CC=C[C-]1C1CCCC2CCCCC21.[CH3-].[CH3-].[CH3-].[Hf+4]. The van der Waals surface area contributed by atoms with Gasteiger partial charge in [0.05, 0.1) is 12.4 Å². The van der Waals surface area contributed by atoms with Crippen LogP contribution in [-0.4, -0.2) is 11.3 Å². The van der Waals surface area contributed by atoms with Gasteiger partial charge in [0.25, 0.3) is 0 Å². The van der Waals surface area contributed by atoms with Crippen molar-refractivity contribution in [1.82, 2.24) is 0 Å². The van der Waals surface area contributed by atoms with Crippen molar-refractivity contribution in [3.05, 3.63) is 122 Å². The van der Waals surface area contributed by atoms with Crippen molar-refractivity contribution in [3.63, 3.8) is 0 Å². The van der Waals surface area contributed by atoms with Crippen LogP contribution in [0.15, 0.2) is 66.4 Å². The van der Waals surface area contributed by atoms with Crippen molar-refractivity contribution in [2.45, 2.75) is 110 Å². The first-order valence-corrected chi connectivity index (χ1v) is 16.1. The minimum absolute atomic E-state index is 0. The topological polar surface area (TPSA) is 17.1 Å². The van der Waals surface area contributed by atoms with Crippen molar-refractivity contribution in [2.75, 3.05) is 0 Å². The fourth-order valence-electron chi connectivity index (χ4n) is 7.81. The van der Waals surface area contributed by atoms with Crippen molar-refractivity contribution < 1.29 is 30.4 Å². The Labute approximate surface area is 291 Å². The predicted molar refractivity (Wildman–Crippen MR) is 191 cm³/mol. The molecule has 2 nitrogen and oxygen atoms in total. The molecule has 0 bridgehead atoms. The van der Waals surface area contributed by atoms with E-state index in [0.29, 0.717) is 23.7 Å². The van der Waals surface area contributed by atoms with E-state index < -0.39 is 0 Å². The summed E-state index contributed by atoms with van der Waals surface area (Å²) in [5, 5.41) is 5.75. The number of hydrogen-bond acceptors (Lipinski definition) is 0. The van der Waals surface area contributed by atoms with E-state index in [1.54, 1.807) is 0 Å². The Hall–Kier alpha value is -1.87. The molecular formula is C41H60HfN2. The van der Waals surface area contributed by atoms with Crippen molar-refractivity contribution >= 4 is 12.4 Å². The van der Waals surface area contributed by atoms with Crippen LogP contribution in [0.3, 0.4) is 0 Å². The van der Waals surface area contributed by atoms with Crippen LogP contribution in [0.2, 0.25) is 0 Å². The van der Waals surface area contributed by atoms with Gasteiger partial charge in [-0.05, 0) is 47.6 Å². The maximum absolute atomic E-state index is 5.75. The number of benzene rings is 2. The van der Waals surface area contributed by atoms with Crippen LogP contribution >= 0.6 is 0 Å². The van der Waals surface area contributed by atoms with Gasteiger partial charge >= 0.3 is 25.8 Å². The van der Waals surface area contributed by atoms with Gasteiger partial charge in [-0.15, -0.1) is 11.8 Å². The van der Waals surface area contributed by atoms with Crippen molar-refractivity contribution in [2.24, 2.45) is 17.8 Å². The Kier molecular flexibility index (Phi) is 16.2. The third-order valence-electron chi connectivity index (χ3n) is 9.91. The number of para-hydroxylation sites is 1. The fraction of sp³-hybridized carbons (Fsp3) is 0.488. The summed E-state index contributed by atoms with van der Waals surface area (Å²) in [6.07, 6.45) is 16.6. The molecule has 0 spiro atoms. The van der Waals surface area contributed by atoms with Gasteiger partial charge in [0.1, 0.15) is 6.04 Å². The maximum Gasteiger partial charge on any atom is 4.00 e. The largest absolute Gasteiger partial charge is 4.00 e. The van der Waals surface area contributed by atoms with E-state index in [9.17, 15) is 0 Å². The summed E-state index contributed by atoms with van der Waals surface area (Å²) in [5.41, 5.74) is 7.73. The third kappa shape index (κ3) is 8.28.